The lowest BCUT2D eigenvalue weighted by Gasteiger charge is -2.05. The van der Waals surface area contributed by atoms with Crippen LogP contribution in [0.3, 0.4) is 0 Å². The molecule has 0 saturated heterocycles. The standard InChI is InChI=1S/C46H54O2/c1-3-5-7-9-11-13-15-17-19-33-21-23-35-29-41-39-25-26-40-42-30-36-24-22-34(20-18-16-14-12-10-8-6-4-2)28-38(36)32-44(42)48-46(40)45(39)47-43(41)31-37(35)27-33/h21-32H,3-20H2,1-2H3. The number of benzene rings is 5. The summed E-state index contributed by atoms with van der Waals surface area (Å²) in [5.74, 6) is 0. The first-order valence-electron chi connectivity index (χ1n) is 19.4. The van der Waals surface area contributed by atoms with E-state index < -0.39 is 0 Å². The van der Waals surface area contributed by atoms with E-state index in [4.69, 9.17) is 8.83 Å². The van der Waals surface area contributed by atoms with Gasteiger partial charge < -0.3 is 8.83 Å². The van der Waals surface area contributed by atoms with E-state index in [2.05, 4.69) is 86.6 Å². The minimum absolute atomic E-state index is 0.854. The van der Waals surface area contributed by atoms with Crippen LogP contribution in [0, 0.1) is 0 Å². The smallest absolute Gasteiger partial charge is 0.178 e. The number of aryl methyl sites for hydroxylation is 2. The zero-order valence-corrected chi connectivity index (χ0v) is 29.5. The molecule has 0 unspecified atom stereocenters. The first-order chi connectivity index (χ1) is 23.7. The van der Waals surface area contributed by atoms with E-state index in [1.807, 2.05) is 0 Å². The lowest BCUT2D eigenvalue weighted by atomic mass is 9.99. The van der Waals surface area contributed by atoms with Gasteiger partial charge in [-0.15, -0.1) is 0 Å². The molecule has 0 aliphatic heterocycles. The number of hydrogen-bond donors (Lipinski definition) is 0. The second-order valence-corrected chi connectivity index (χ2v) is 14.5. The van der Waals surface area contributed by atoms with Gasteiger partial charge in [0.25, 0.3) is 0 Å². The van der Waals surface area contributed by atoms with Gasteiger partial charge in [-0.3, -0.25) is 0 Å². The van der Waals surface area contributed by atoms with Gasteiger partial charge in [0.1, 0.15) is 11.2 Å². The predicted molar refractivity (Wildman–Crippen MR) is 209 cm³/mol. The first-order valence-corrected chi connectivity index (χ1v) is 19.4. The van der Waals surface area contributed by atoms with Gasteiger partial charge >= 0.3 is 0 Å². The fraction of sp³-hybridized carbons (Fsp3) is 0.435. The van der Waals surface area contributed by atoms with Crippen LogP contribution in [0.25, 0.3) is 65.4 Å². The Morgan fingerprint density at radius 2 is 0.750 bits per heavy atom. The fourth-order valence-corrected chi connectivity index (χ4v) is 7.89. The highest BCUT2D eigenvalue weighted by Crippen LogP contribution is 2.41. The van der Waals surface area contributed by atoms with Crippen LogP contribution in [0.4, 0.5) is 0 Å². The van der Waals surface area contributed by atoms with Crippen LogP contribution >= 0.6 is 0 Å². The predicted octanol–water partition coefficient (Wildman–Crippen LogP) is 15.2. The van der Waals surface area contributed by atoms with Crippen molar-refractivity contribution in [2.75, 3.05) is 0 Å². The molecule has 0 fully saturated rings. The average molecular weight is 639 g/mol. The molecule has 0 atom stereocenters. The Bertz CT molecular complexity index is 1970. The summed E-state index contributed by atoms with van der Waals surface area (Å²) < 4.78 is 13.2. The Hall–Kier alpha value is -3.78. The third kappa shape index (κ3) is 7.29. The quantitative estimate of drug-likeness (QED) is 0.0874. The molecule has 7 aromatic rings. The van der Waals surface area contributed by atoms with Crippen molar-refractivity contribution in [3.63, 3.8) is 0 Å². The Kier molecular flexibility index (Phi) is 10.7. The summed E-state index contributed by atoms with van der Waals surface area (Å²) >= 11 is 0. The number of furan rings is 2. The summed E-state index contributed by atoms with van der Waals surface area (Å²) in [4.78, 5) is 0. The Morgan fingerprint density at radius 3 is 1.17 bits per heavy atom. The molecular weight excluding hydrogens is 585 g/mol. The summed E-state index contributed by atoms with van der Waals surface area (Å²) in [6.45, 7) is 4.57. The molecule has 5 aromatic carbocycles. The number of rotatable bonds is 18. The highest BCUT2D eigenvalue weighted by molar-refractivity contribution is 6.21. The largest absolute Gasteiger partial charge is 0.452 e. The third-order valence-electron chi connectivity index (χ3n) is 10.8. The fourth-order valence-electron chi connectivity index (χ4n) is 7.89. The maximum absolute atomic E-state index is 6.61. The van der Waals surface area contributed by atoms with Gasteiger partial charge in [-0.1, -0.05) is 140 Å². The second-order valence-electron chi connectivity index (χ2n) is 14.5. The van der Waals surface area contributed by atoms with E-state index >= 15 is 0 Å². The second kappa shape index (κ2) is 15.6. The van der Waals surface area contributed by atoms with Crippen LogP contribution < -0.4 is 0 Å². The molecule has 250 valence electrons. The van der Waals surface area contributed by atoms with Crippen molar-refractivity contribution in [3.8, 4) is 0 Å². The number of unbranched alkanes of at least 4 members (excludes halogenated alkanes) is 14. The van der Waals surface area contributed by atoms with Crippen LogP contribution in [-0.2, 0) is 12.8 Å². The molecule has 0 aliphatic rings. The molecule has 48 heavy (non-hydrogen) atoms. The SMILES string of the molecule is CCCCCCCCCCc1ccc2cc3c(cc2c1)oc1c3ccc2c3cc4ccc(CCCCCCCCCC)cc4cc3oc21. The third-order valence-corrected chi connectivity index (χ3v) is 10.8. The summed E-state index contributed by atoms with van der Waals surface area (Å²) in [5.41, 5.74) is 6.43. The van der Waals surface area contributed by atoms with Crippen LogP contribution in [0.1, 0.15) is 128 Å². The normalized spacial score (nSPS) is 12.2. The highest BCUT2D eigenvalue weighted by atomic mass is 16.4. The van der Waals surface area contributed by atoms with Crippen molar-refractivity contribution in [1.29, 1.82) is 0 Å². The number of fused-ring (bicyclic) bond motifs is 9. The summed E-state index contributed by atoms with van der Waals surface area (Å²) in [5, 5.41) is 9.62. The lowest BCUT2D eigenvalue weighted by molar-refractivity contribution is 0.575. The molecule has 2 heteroatoms. The molecule has 2 heterocycles. The monoisotopic (exact) mass is 638 g/mol. The summed E-state index contributed by atoms with van der Waals surface area (Å²) in [7, 11) is 0. The van der Waals surface area contributed by atoms with E-state index in [1.165, 1.54) is 135 Å². The van der Waals surface area contributed by atoms with Gasteiger partial charge in [-0.05, 0) is 94.8 Å². The molecule has 0 saturated carbocycles. The van der Waals surface area contributed by atoms with Crippen molar-refractivity contribution in [3.05, 3.63) is 83.9 Å². The molecule has 0 N–H and O–H groups in total. The Labute approximate surface area is 286 Å². The zero-order chi connectivity index (χ0) is 32.7. The van der Waals surface area contributed by atoms with Crippen molar-refractivity contribution in [2.45, 2.75) is 129 Å². The van der Waals surface area contributed by atoms with Crippen LogP contribution in [0.5, 0.6) is 0 Å². The maximum atomic E-state index is 6.61. The molecular formula is C46H54O2. The van der Waals surface area contributed by atoms with Crippen molar-refractivity contribution in [2.24, 2.45) is 0 Å². The average Bonchev–Trinajstić information content (AvgIpc) is 3.65. The molecule has 7 rings (SSSR count). The van der Waals surface area contributed by atoms with Crippen LogP contribution in [0.15, 0.2) is 81.6 Å². The van der Waals surface area contributed by atoms with Crippen LogP contribution in [0.2, 0.25) is 0 Å². The minimum atomic E-state index is 0.854. The summed E-state index contributed by atoms with van der Waals surface area (Å²) in [6.07, 6.45) is 24.0. The van der Waals surface area contributed by atoms with Crippen molar-refractivity contribution >= 4 is 65.4 Å². The molecule has 0 amide bonds. The zero-order valence-electron chi connectivity index (χ0n) is 29.5. The highest BCUT2D eigenvalue weighted by Gasteiger charge is 2.17. The van der Waals surface area contributed by atoms with Crippen molar-refractivity contribution in [1.82, 2.24) is 0 Å². The van der Waals surface area contributed by atoms with E-state index in [1.54, 1.807) is 0 Å². The lowest BCUT2D eigenvalue weighted by Crippen LogP contribution is -1.87. The van der Waals surface area contributed by atoms with Crippen LogP contribution in [-0.4, -0.2) is 0 Å². The van der Waals surface area contributed by atoms with E-state index in [-0.39, 0.29) is 0 Å². The van der Waals surface area contributed by atoms with Gasteiger partial charge in [0.2, 0.25) is 0 Å². The molecule has 0 aliphatic carbocycles. The molecule has 0 spiro atoms. The van der Waals surface area contributed by atoms with E-state index in [0.29, 0.717) is 0 Å². The van der Waals surface area contributed by atoms with Gasteiger partial charge in [0.05, 0.1) is 0 Å². The Balaban J connectivity index is 1.08. The van der Waals surface area contributed by atoms with Gasteiger partial charge in [-0.2, -0.15) is 0 Å². The topological polar surface area (TPSA) is 26.3 Å². The van der Waals surface area contributed by atoms with E-state index in [0.717, 1.165) is 56.7 Å². The molecule has 0 bridgehead atoms. The first kappa shape index (κ1) is 32.8. The summed E-state index contributed by atoms with van der Waals surface area (Å²) in [6, 6.07) is 27.5. The van der Waals surface area contributed by atoms with Gasteiger partial charge in [0.15, 0.2) is 11.2 Å². The maximum Gasteiger partial charge on any atom is 0.178 e. The molecule has 0 radical (unpaired) electrons. The number of hydrogen-bond acceptors (Lipinski definition) is 2. The Morgan fingerprint density at radius 1 is 0.354 bits per heavy atom. The minimum Gasteiger partial charge on any atom is -0.452 e. The molecule has 2 nitrogen and oxygen atoms in total. The van der Waals surface area contributed by atoms with Gasteiger partial charge in [-0.25, -0.2) is 0 Å². The molecule has 2 aromatic heterocycles. The van der Waals surface area contributed by atoms with Crippen molar-refractivity contribution < 1.29 is 8.83 Å². The van der Waals surface area contributed by atoms with Gasteiger partial charge in [0, 0.05) is 21.5 Å². The van der Waals surface area contributed by atoms with E-state index in [9.17, 15) is 0 Å².